The molecule has 1 aliphatic rings. The number of thiophene rings is 1. The Kier molecular flexibility index (Phi) is 5.13. The van der Waals surface area contributed by atoms with Crippen LogP contribution in [0, 0.1) is 0 Å². The SMILES string of the molecule is COc1ccc(Cl)cc1Nc1ncnc2sc3c(c12)CCCC3.Cl. The van der Waals surface area contributed by atoms with Gasteiger partial charge in [0, 0.05) is 9.90 Å². The lowest BCUT2D eigenvalue weighted by Gasteiger charge is -2.14. The Labute approximate surface area is 155 Å². The third-order valence-electron chi connectivity index (χ3n) is 4.17. The van der Waals surface area contributed by atoms with E-state index in [1.165, 1.54) is 23.3 Å². The molecule has 126 valence electrons. The molecule has 1 N–H and O–H groups in total. The van der Waals surface area contributed by atoms with E-state index in [1.807, 2.05) is 18.2 Å². The molecule has 0 spiro atoms. The van der Waals surface area contributed by atoms with Crippen molar-refractivity contribution in [2.45, 2.75) is 25.7 Å². The van der Waals surface area contributed by atoms with Crippen molar-refractivity contribution in [3.05, 3.63) is 40.0 Å². The Bertz CT molecular complexity index is 882. The Morgan fingerprint density at radius 2 is 2.04 bits per heavy atom. The summed E-state index contributed by atoms with van der Waals surface area (Å²) in [4.78, 5) is 11.4. The number of ether oxygens (including phenoxy) is 1. The van der Waals surface area contributed by atoms with Gasteiger partial charge in [-0.05, 0) is 49.4 Å². The molecule has 0 bridgehead atoms. The second-order valence-electron chi connectivity index (χ2n) is 5.58. The normalized spacial score (nSPS) is 13.2. The van der Waals surface area contributed by atoms with Crippen LogP contribution >= 0.6 is 35.3 Å². The summed E-state index contributed by atoms with van der Waals surface area (Å²) in [6, 6.07) is 5.52. The van der Waals surface area contributed by atoms with Gasteiger partial charge in [0.25, 0.3) is 0 Å². The van der Waals surface area contributed by atoms with Gasteiger partial charge in [0.05, 0.1) is 18.2 Å². The van der Waals surface area contributed by atoms with Gasteiger partial charge < -0.3 is 10.1 Å². The van der Waals surface area contributed by atoms with E-state index >= 15 is 0 Å². The van der Waals surface area contributed by atoms with Gasteiger partial charge in [-0.2, -0.15) is 0 Å². The van der Waals surface area contributed by atoms with Crippen LogP contribution in [0.1, 0.15) is 23.3 Å². The number of rotatable bonds is 3. The van der Waals surface area contributed by atoms with Crippen molar-refractivity contribution in [2.24, 2.45) is 0 Å². The lowest BCUT2D eigenvalue weighted by molar-refractivity contribution is 0.417. The van der Waals surface area contributed by atoms with Gasteiger partial charge in [0.2, 0.25) is 0 Å². The van der Waals surface area contributed by atoms with Gasteiger partial charge in [-0.3, -0.25) is 0 Å². The zero-order chi connectivity index (χ0) is 15.8. The lowest BCUT2D eigenvalue weighted by Crippen LogP contribution is -2.01. The smallest absolute Gasteiger partial charge is 0.142 e. The number of nitrogens with zero attached hydrogens (tertiary/aromatic N) is 2. The fraction of sp³-hybridized carbons (Fsp3) is 0.294. The highest BCUT2D eigenvalue weighted by molar-refractivity contribution is 7.19. The summed E-state index contributed by atoms with van der Waals surface area (Å²) in [7, 11) is 1.65. The van der Waals surface area contributed by atoms with Crippen molar-refractivity contribution in [1.29, 1.82) is 0 Å². The van der Waals surface area contributed by atoms with E-state index in [-0.39, 0.29) is 12.4 Å². The first kappa shape index (κ1) is 17.3. The molecule has 0 unspecified atom stereocenters. The number of nitrogens with one attached hydrogen (secondary N) is 1. The van der Waals surface area contributed by atoms with Gasteiger partial charge in [-0.15, -0.1) is 23.7 Å². The Hall–Kier alpha value is -1.56. The molecule has 7 heteroatoms. The number of methoxy groups -OCH3 is 1. The first-order chi connectivity index (χ1) is 11.3. The minimum absolute atomic E-state index is 0. The maximum absolute atomic E-state index is 6.13. The average molecular weight is 382 g/mol. The van der Waals surface area contributed by atoms with Crippen molar-refractivity contribution >= 4 is 57.1 Å². The number of anilines is 2. The predicted octanol–water partition coefficient (Wildman–Crippen LogP) is 5.40. The van der Waals surface area contributed by atoms with Crippen molar-refractivity contribution in [2.75, 3.05) is 12.4 Å². The van der Waals surface area contributed by atoms with E-state index < -0.39 is 0 Å². The van der Waals surface area contributed by atoms with Crippen LogP contribution in [0.15, 0.2) is 24.5 Å². The molecule has 0 fully saturated rings. The number of halogens is 2. The van der Waals surface area contributed by atoms with Crippen LogP contribution < -0.4 is 10.1 Å². The Morgan fingerprint density at radius 3 is 2.88 bits per heavy atom. The summed E-state index contributed by atoms with van der Waals surface area (Å²) in [5, 5.41) is 5.20. The molecule has 24 heavy (non-hydrogen) atoms. The molecular weight excluding hydrogens is 365 g/mol. The van der Waals surface area contributed by atoms with E-state index in [2.05, 4.69) is 15.3 Å². The summed E-state index contributed by atoms with van der Waals surface area (Å²) in [5.41, 5.74) is 2.22. The molecule has 0 saturated heterocycles. The summed E-state index contributed by atoms with van der Waals surface area (Å²) in [6.45, 7) is 0. The summed E-state index contributed by atoms with van der Waals surface area (Å²) in [6.07, 6.45) is 6.36. The summed E-state index contributed by atoms with van der Waals surface area (Å²) < 4.78 is 5.42. The standard InChI is InChI=1S/C17H16ClN3OS.ClH/c1-22-13-7-6-10(18)8-12(13)21-16-15-11-4-2-3-5-14(11)23-17(15)20-9-19-16;/h6-9H,2-5H2,1H3,(H,19,20,21);1H. The second-order valence-corrected chi connectivity index (χ2v) is 7.10. The van der Waals surface area contributed by atoms with Crippen molar-refractivity contribution < 1.29 is 4.74 Å². The highest BCUT2D eigenvalue weighted by Crippen LogP contribution is 2.40. The van der Waals surface area contributed by atoms with Crippen LogP contribution in [0.3, 0.4) is 0 Å². The third kappa shape index (κ3) is 3.04. The molecule has 0 amide bonds. The Balaban J connectivity index is 0.00000169. The van der Waals surface area contributed by atoms with Gasteiger partial charge in [0.1, 0.15) is 22.7 Å². The zero-order valence-corrected chi connectivity index (χ0v) is 15.5. The number of hydrogen-bond donors (Lipinski definition) is 1. The summed E-state index contributed by atoms with van der Waals surface area (Å²) in [5.74, 6) is 1.57. The first-order valence-electron chi connectivity index (χ1n) is 7.62. The van der Waals surface area contributed by atoms with Gasteiger partial charge in [0.15, 0.2) is 0 Å². The molecule has 0 atom stereocenters. The van der Waals surface area contributed by atoms with E-state index in [9.17, 15) is 0 Å². The molecule has 4 nitrogen and oxygen atoms in total. The topological polar surface area (TPSA) is 47.0 Å². The fourth-order valence-electron chi connectivity index (χ4n) is 3.09. The number of hydrogen-bond acceptors (Lipinski definition) is 5. The minimum atomic E-state index is 0. The van der Waals surface area contributed by atoms with E-state index in [1.54, 1.807) is 24.8 Å². The van der Waals surface area contributed by atoms with Crippen LogP contribution in [0.4, 0.5) is 11.5 Å². The molecule has 1 aliphatic carbocycles. The molecule has 1 aromatic carbocycles. The largest absolute Gasteiger partial charge is 0.495 e. The zero-order valence-electron chi connectivity index (χ0n) is 13.1. The van der Waals surface area contributed by atoms with Gasteiger partial charge >= 0.3 is 0 Å². The lowest BCUT2D eigenvalue weighted by atomic mass is 9.97. The number of aromatic nitrogens is 2. The maximum atomic E-state index is 6.13. The van der Waals surface area contributed by atoms with Crippen molar-refractivity contribution in [3.8, 4) is 5.75 Å². The summed E-state index contributed by atoms with van der Waals surface area (Å²) >= 11 is 7.92. The molecule has 2 aromatic heterocycles. The molecule has 0 aliphatic heterocycles. The third-order valence-corrected chi connectivity index (χ3v) is 5.60. The highest BCUT2D eigenvalue weighted by atomic mass is 35.5. The first-order valence-corrected chi connectivity index (χ1v) is 8.81. The minimum Gasteiger partial charge on any atom is -0.495 e. The second kappa shape index (κ2) is 7.13. The van der Waals surface area contributed by atoms with Gasteiger partial charge in [-0.1, -0.05) is 11.6 Å². The molecule has 3 aromatic rings. The molecule has 4 rings (SSSR count). The van der Waals surface area contributed by atoms with Crippen molar-refractivity contribution in [3.63, 3.8) is 0 Å². The molecule has 0 radical (unpaired) electrons. The van der Waals surface area contributed by atoms with Crippen LogP contribution in [0.25, 0.3) is 10.2 Å². The number of aryl methyl sites for hydroxylation is 2. The van der Waals surface area contributed by atoms with E-state index in [0.717, 1.165) is 40.3 Å². The van der Waals surface area contributed by atoms with Crippen LogP contribution in [-0.2, 0) is 12.8 Å². The monoisotopic (exact) mass is 381 g/mol. The fourth-order valence-corrected chi connectivity index (χ4v) is 4.49. The van der Waals surface area contributed by atoms with Crippen molar-refractivity contribution in [1.82, 2.24) is 9.97 Å². The van der Waals surface area contributed by atoms with E-state index in [4.69, 9.17) is 16.3 Å². The van der Waals surface area contributed by atoms with Crippen LogP contribution in [-0.4, -0.2) is 17.1 Å². The highest BCUT2D eigenvalue weighted by Gasteiger charge is 2.20. The number of benzene rings is 1. The van der Waals surface area contributed by atoms with E-state index in [0.29, 0.717) is 5.02 Å². The van der Waals surface area contributed by atoms with Crippen LogP contribution in [0.2, 0.25) is 5.02 Å². The molecule has 2 heterocycles. The average Bonchev–Trinajstić information content (AvgIpc) is 2.94. The quantitative estimate of drug-likeness (QED) is 0.659. The van der Waals surface area contributed by atoms with Gasteiger partial charge in [-0.25, -0.2) is 9.97 Å². The Morgan fingerprint density at radius 1 is 1.21 bits per heavy atom. The predicted molar refractivity (Wildman–Crippen MR) is 103 cm³/mol. The van der Waals surface area contributed by atoms with Crippen LogP contribution in [0.5, 0.6) is 5.75 Å². The maximum Gasteiger partial charge on any atom is 0.142 e. The molecular formula is C17H17Cl2N3OS. The number of fused-ring (bicyclic) bond motifs is 3. The molecule has 0 saturated carbocycles.